The van der Waals surface area contributed by atoms with E-state index in [9.17, 15) is 5.11 Å². The summed E-state index contributed by atoms with van der Waals surface area (Å²) < 4.78 is 3.48. The molecule has 6 heteroatoms. The van der Waals surface area contributed by atoms with Crippen molar-refractivity contribution in [3.8, 4) is 5.88 Å². The smallest absolute Gasteiger partial charge is 0.214 e. The molecule has 0 amide bonds. The monoisotopic (exact) mass is 269 g/mol. The Balaban J connectivity index is 2.16. The first-order valence-corrected chi connectivity index (χ1v) is 6.26. The molecule has 0 saturated heterocycles. The summed E-state index contributed by atoms with van der Waals surface area (Å²) in [5.41, 5.74) is 2.72. The van der Waals surface area contributed by atoms with Gasteiger partial charge in [0, 0.05) is 55.3 Å². The van der Waals surface area contributed by atoms with Crippen molar-refractivity contribution in [2.45, 2.75) is 5.92 Å². The van der Waals surface area contributed by atoms with Crippen molar-refractivity contribution in [1.29, 1.82) is 0 Å². The van der Waals surface area contributed by atoms with Gasteiger partial charge in [0.2, 0.25) is 5.88 Å². The fraction of sp³-hybridized carbons (Fsp3) is 0.214. The number of pyridine rings is 1. The highest BCUT2D eigenvalue weighted by Gasteiger charge is 2.23. The minimum atomic E-state index is -0.133. The SMILES string of the molecule is Cn1cc(C(c2cnn(C)c2)c2cccnc2O)cn1. The molecule has 0 aliphatic rings. The number of aryl methyl sites for hydroxylation is 2. The summed E-state index contributed by atoms with van der Waals surface area (Å²) in [4.78, 5) is 3.97. The Kier molecular flexibility index (Phi) is 2.98. The number of aromatic hydroxyl groups is 1. The minimum absolute atomic E-state index is 0.0326. The van der Waals surface area contributed by atoms with Crippen LogP contribution in [0.2, 0.25) is 0 Å². The number of hydrogen-bond donors (Lipinski definition) is 1. The van der Waals surface area contributed by atoms with Gasteiger partial charge in [-0.25, -0.2) is 4.98 Å². The fourth-order valence-electron chi connectivity index (χ4n) is 2.36. The van der Waals surface area contributed by atoms with Crippen LogP contribution in [0.3, 0.4) is 0 Å². The van der Waals surface area contributed by atoms with Crippen LogP contribution in [0, 0.1) is 0 Å². The van der Waals surface area contributed by atoms with Gasteiger partial charge < -0.3 is 5.11 Å². The van der Waals surface area contributed by atoms with Crippen LogP contribution in [0.1, 0.15) is 22.6 Å². The quantitative estimate of drug-likeness (QED) is 0.781. The number of hydrogen-bond acceptors (Lipinski definition) is 4. The third-order valence-electron chi connectivity index (χ3n) is 3.24. The van der Waals surface area contributed by atoms with Crippen LogP contribution in [0.25, 0.3) is 0 Å². The third kappa shape index (κ3) is 2.16. The third-order valence-corrected chi connectivity index (χ3v) is 3.24. The summed E-state index contributed by atoms with van der Waals surface area (Å²) in [6.07, 6.45) is 9.03. The van der Waals surface area contributed by atoms with Crippen molar-refractivity contribution in [2.75, 3.05) is 0 Å². The van der Waals surface area contributed by atoms with E-state index in [1.807, 2.05) is 38.6 Å². The molecule has 0 atom stereocenters. The molecule has 3 rings (SSSR count). The zero-order valence-corrected chi connectivity index (χ0v) is 11.3. The Labute approximate surface area is 116 Å². The molecular weight excluding hydrogens is 254 g/mol. The first kappa shape index (κ1) is 12.4. The van der Waals surface area contributed by atoms with Crippen molar-refractivity contribution in [3.05, 3.63) is 59.8 Å². The van der Waals surface area contributed by atoms with E-state index >= 15 is 0 Å². The second kappa shape index (κ2) is 4.80. The minimum Gasteiger partial charge on any atom is -0.493 e. The molecule has 0 spiro atoms. The van der Waals surface area contributed by atoms with Gasteiger partial charge in [-0.3, -0.25) is 9.36 Å². The van der Waals surface area contributed by atoms with Gasteiger partial charge in [0.15, 0.2) is 0 Å². The predicted octanol–water partition coefficient (Wildman–Crippen LogP) is 1.43. The molecule has 0 bridgehead atoms. The maximum atomic E-state index is 10.1. The molecule has 1 N–H and O–H groups in total. The maximum absolute atomic E-state index is 10.1. The summed E-state index contributed by atoms with van der Waals surface area (Å²) in [6, 6.07) is 3.68. The van der Waals surface area contributed by atoms with Crippen molar-refractivity contribution < 1.29 is 5.11 Å². The van der Waals surface area contributed by atoms with Crippen LogP contribution in [0.15, 0.2) is 43.1 Å². The number of rotatable bonds is 3. The average Bonchev–Trinajstić information content (AvgIpc) is 3.02. The molecule has 3 aromatic heterocycles. The molecule has 0 radical (unpaired) electrons. The summed E-state index contributed by atoms with van der Waals surface area (Å²) >= 11 is 0. The summed E-state index contributed by atoms with van der Waals surface area (Å²) in [6.45, 7) is 0. The van der Waals surface area contributed by atoms with Gasteiger partial charge in [0.25, 0.3) is 0 Å². The van der Waals surface area contributed by atoms with E-state index in [-0.39, 0.29) is 11.8 Å². The van der Waals surface area contributed by atoms with E-state index in [0.29, 0.717) is 0 Å². The van der Waals surface area contributed by atoms with Crippen molar-refractivity contribution in [1.82, 2.24) is 24.5 Å². The highest BCUT2D eigenvalue weighted by molar-refractivity contribution is 5.43. The molecule has 102 valence electrons. The van der Waals surface area contributed by atoms with E-state index in [0.717, 1.165) is 16.7 Å². The first-order chi connectivity index (χ1) is 9.65. The topological polar surface area (TPSA) is 68.8 Å². The van der Waals surface area contributed by atoms with Crippen molar-refractivity contribution >= 4 is 0 Å². The Hall–Kier alpha value is -2.63. The molecular formula is C14H15N5O. The van der Waals surface area contributed by atoms with E-state index in [4.69, 9.17) is 0 Å². The lowest BCUT2D eigenvalue weighted by Gasteiger charge is -2.14. The van der Waals surface area contributed by atoms with E-state index in [2.05, 4.69) is 15.2 Å². The normalized spacial score (nSPS) is 11.2. The van der Waals surface area contributed by atoms with Gasteiger partial charge in [-0.1, -0.05) is 6.07 Å². The zero-order chi connectivity index (χ0) is 14.1. The van der Waals surface area contributed by atoms with E-state index in [1.165, 1.54) is 0 Å². The largest absolute Gasteiger partial charge is 0.493 e. The van der Waals surface area contributed by atoms with Crippen molar-refractivity contribution in [2.24, 2.45) is 14.1 Å². The lowest BCUT2D eigenvalue weighted by Crippen LogP contribution is -2.03. The molecule has 0 unspecified atom stereocenters. The standard InChI is InChI=1S/C14H15N5O/c1-18-8-10(6-16-18)13(11-7-17-19(2)9-11)12-4-3-5-15-14(12)20/h3-9,13H,1-2H3,(H,15,20). The Morgan fingerprint density at radius 2 is 1.65 bits per heavy atom. The maximum Gasteiger partial charge on any atom is 0.214 e. The highest BCUT2D eigenvalue weighted by atomic mass is 16.3. The van der Waals surface area contributed by atoms with Crippen LogP contribution in [-0.2, 0) is 14.1 Å². The van der Waals surface area contributed by atoms with Crippen LogP contribution in [0.5, 0.6) is 5.88 Å². The lowest BCUT2D eigenvalue weighted by molar-refractivity contribution is 0.445. The summed E-state index contributed by atoms with van der Waals surface area (Å²) in [7, 11) is 3.74. The molecule has 0 aliphatic carbocycles. The summed E-state index contributed by atoms with van der Waals surface area (Å²) in [5, 5.41) is 18.5. The Morgan fingerprint density at radius 3 is 2.10 bits per heavy atom. The Bertz CT molecular complexity index is 690. The first-order valence-electron chi connectivity index (χ1n) is 6.26. The molecule has 0 aliphatic heterocycles. The van der Waals surface area contributed by atoms with Gasteiger partial charge in [0.05, 0.1) is 12.4 Å². The fourth-order valence-corrected chi connectivity index (χ4v) is 2.36. The molecule has 0 saturated carbocycles. The van der Waals surface area contributed by atoms with Crippen LogP contribution < -0.4 is 0 Å². The van der Waals surface area contributed by atoms with Gasteiger partial charge in [-0.15, -0.1) is 0 Å². The molecule has 3 aromatic rings. The predicted molar refractivity (Wildman–Crippen MR) is 73.3 cm³/mol. The molecule has 20 heavy (non-hydrogen) atoms. The number of aromatic nitrogens is 5. The van der Waals surface area contributed by atoms with Crippen LogP contribution in [0.4, 0.5) is 0 Å². The van der Waals surface area contributed by atoms with Gasteiger partial charge >= 0.3 is 0 Å². The molecule has 0 fully saturated rings. The second-order valence-corrected chi connectivity index (χ2v) is 4.74. The second-order valence-electron chi connectivity index (χ2n) is 4.74. The highest BCUT2D eigenvalue weighted by Crippen LogP contribution is 2.34. The average molecular weight is 269 g/mol. The van der Waals surface area contributed by atoms with Gasteiger partial charge in [-0.05, 0) is 6.07 Å². The van der Waals surface area contributed by atoms with Gasteiger partial charge in [0.1, 0.15) is 0 Å². The van der Waals surface area contributed by atoms with Crippen LogP contribution >= 0.6 is 0 Å². The van der Waals surface area contributed by atoms with Crippen molar-refractivity contribution in [3.63, 3.8) is 0 Å². The van der Waals surface area contributed by atoms with E-state index in [1.54, 1.807) is 28.0 Å². The zero-order valence-electron chi connectivity index (χ0n) is 11.3. The van der Waals surface area contributed by atoms with E-state index < -0.39 is 0 Å². The molecule has 0 aromatic carbocycles. The van der Waals surface area contributed by atoms with Crippen LogP contribution in [-0.4, -0.2) is 29.7 Å². The molecule has 3 heterocycles. The number of nitrogens with zero attached hydrogens (tertiary/aromatic N) is 5. The summed E-state index contributed by atoms with van der Waals surface area (Å²) in [5.74, 6) is -0.101. The lowest BCUT2D eigenvalue weighted by atomic mass is 9.89. The van der Waals surface area contributed by atoms with Gasteiger partial charge in [-0.2, -0.15) is 10.2 Å². The molecule has 6 nitrogen and oxygen atoms in total. The Morgan fingerprint density at radius 1 is 1.05 bits per heavy atom.